The van der Waals surface area contributed by atoms with E-state index in [9.17, 15) is 0 Å². The highest BCUT2D eigenvalue weighted by Gasteiger charge is 2.62. The van der Waals surface area contributed by atoms with Gasteiger partial charge in [-0.05, 0) is 51.5 Å². The van der Waals surface area contributed by atoms with Crippen molar-refractivity contribution in [2.45, 2.75) is 57.7 Å². The first-order valence-electron chi connectivity index (χ1n) is 6.20. The summed E-state index contributed by atoms with van der Waals surface area (Å²) in [5, 5.41) is 3.85. The molecule has 2 nitrogen and oxygen atoms in total. The normalized spacial score (nSPS) is 39.6. The summed E-state index contributed by atoms with van der Waals surface area (Å²) < 4.78 is 0. The lowest BCUT2D eigenvalue weighted by molar-refractivity contribution is 0.267. The highest BCUT2D eigenvalue weighted by Crippen LogP contribution is 2.66. The van der Waals surface area contributed by atoms with Crippen LogP contribution in [0.1, 0.15) is 39.5 Å². The van der Waals surface area contributed by atoms with Crippen LogP contribution in [0.3, 0.4) is 0 Å². The lowest BCUT2D eigenvalue weighted by Gasteiger charge is -2.20. The molecule has 0 aromatic rings. The SMILES string of the molecule is CC(C)N1CC[C@@H](NC2CC23CC3)C1. The van der Waals surface area contributed by atoms with Gasteiger partial charge in [0.2, 0.25) is 0 Å². The lowest BCUT2D eigenvalue weighted by atomic mass is 10.2. The van der Waals surface area contributed by atoms with Crippen LogP contribution in [0.5, 0.6) is 0 Å². The van der Waals surface area contributed by atoms with Crippen molar-refractivity contribution in [3.05, 3.63) is 0 Å². The van der Waals surface area contributed by atoms with Crippen LogP contribution in [0.25, 0.3) is 0 Å². The molecular weight excluding hydrogens is 172 g/mol. The molecule has 0 aromatic heterocycles. The summed E-state index contributed by atoms with van der Waals surface area (Å²) >= 11 is 0. The molecule has 1 heterocycles. The molecule has 1 aliphatic heterocycles. The van der Waals surface area contributed by atoms with E-state index in [0.29, 0.717) is 0 Å². The van der Waals surface area contributed by atoms with E-state index in [-0.39, 0.29) is 0 Å². The molecule has 2 atom stereocenters. The Morgan fingerprint density at radius 1 is 1.36 bits per heavy atom. The molecule has 1 spiro atoms. The van der Waals surface area contributed by atoms with Gasteiger partial charge in [-0.15, -0.1) is 0 Å². The van der Waals surface area contributed by atoms with Crippen LogP contribution in [0, 0.1) is 5.41 Å². The number of likely N-dealkylation sites (tertiary alicyclic amines) is 1. The van der Waals surface area contributed by atoms with Crippen LogP contribution in [0.15, 0.2) is 0 Å². The first-order valence-corrected chi connectivity index (χ1v) is 6.20. The van der Waals surface area contributed by atoms with E-state index in [1.54, 1.807) is 0 Å². The van der Waals surface area contributed by atoms with Crippen molar-refractivity contribution < 1.29 is 0 Å². The van der Waals surface area contributed by atoms with E-state index >= 15 is 0 Å². The summed E-state index contributed by atoms with van der Waals surface area (Å²) in [4.78, 5) is 2.60. The van der Waals surface area contributed by atoms with Crippen molar-refractivity contribution in [2.24, 2.45) is 5.41 Å². The van der Waals surface area contributed by atoms with E-state index in [0.717, 1.165) is 23.5 Å². The molecule has 3 fully saturated rings. The zero-order valence-electron chi connectivity index (χ0n) is 9.42. The summed E-state index contributed by atoms with van der Waals surface area (Å²) in [6, 6.07) is 2.43. The molecular formula is C12H22N2. The van der Waals surface area contributed by atoms with Crippen molar-refractivity contribution in [2.75, 3.05) is 13.1 Å². The minimum atomic E-state index is 0.732. The van der Waals surface area contributed by atoms with Gasteiger partial charge in [0.15, 0.2) is 0 Å². The molecule has 0 amide bonds. The second-order valence-corrected chi connectivity index (χ2v) is 5.86. The molecule has 80 valence electrons. The lowest BCUT2D eigenvalue weighted by Crippen LogP contribution is -2.36. The van der Waals surface area contributed by atoms with Crippen LogP contribution in [-0.4, -0.2) is 36.1 Å². The summed E-state index contributed by atoms with van der Waals surface area (Å²) in [5.74, 6) is 0. The second-order valence-electron chi connectivity index (χ2n) is 5.86. The summed E-state index contributed by atoms with van der Waals surface area (Å²) in [6.07, 6.45) is 5.85. The summed E-state index contributed by atoms with van der Waals surface area (Å²) in [5.41, 5.74) is 0.825. The van der Waals surface area contributed by atoms with Gasteiger partial charge in [-0.1, -0.05) is 0 Å². The second kappa shape index (κ2) is 2.96. The molecule has 0 radical (unpaired) electrons. The first-order chi connectivity index (χ1) is 6.70. The van der Waals surface area contributed by atoms with Crippen LogP contribution in [0.4, 0.5) is 0 Å². The monoisotopic (exact) mass is 194 g/mol. The first kappa shape index (κ1) is 9.17. The number of nitrogens with zero attached hydrogens (tertiary/aromatic N) is 1. The summed E-state index contributed by atoms with van der Waals surface area (Å²) in [6.45, 7) is 7.20. The van der Waals surface area contributed by atoms with Gasteiger partial charge in [0.1, 0.15) is 0 Å². The number of hydrogen-bond acceptors (Lipinski definition) is 2. The Labute approximate surface area is 87.0 Å². The standard InChI is InChI=1S/C12H22N2/c1-9(2)14-6-3-10(8-14)13-11-7-12(11)4-5-12/h9-11,13H,3-8H2,1-2H3/t10-,11?/m1/s1. The molecule has 1 unspecified atom stereocenters. The molecule has 0 bridgehead atoms. The maximum absolute atomic E-state index is 3.85. The fourth-order valence-corrected chi connectivity index (χ4v) is 2.97. The van der Waals surface area contributed by atoms with Gasteiger partial charge in [-0.25, -0.2) is 0 Å². The van der Waals surface area contributed by atoms with Gasteiger partial charge in [0.05, 0.1) is 0 Å². The van der Waals surface area contributed by atoms with Crippen LogP contribution < -0.4 is 5.32 Å². The van der Waals surface area contributed by atoms with Gasteiger partial charge >= 0.3 is 0 Å². The smallest absolute Gasteiger partial charge is 0.0210 e. The average molecular weight is 194 g/mol. The van der Waals surface area contributed by atoms with E-state index in [2.05, 4.69) is 24.1 Å². The minimum absolute atomic E-state index is 0.732. The summed E-state index contributed by atoms with van der Waals surface area (Å²) in [7, 11) is 0. The van der Waals surface area contributed by atoms with E-state index in [4.69, 9.17) is 0 Å². The Balaban J connectivity index is 1.47. The number of rotatable bonds is 3. The Morgan fingerprint density at radius 2 is 2.14 bits per heavy atom. The largest absolute Gasteiger partial charge is 0.309 e. The third kappa shape index (κ3) is 1.49. The fraction of sp³-hybridized carbons (Fsp3) is 1.00. The van der Waals surface area contributed by atoms with Gasteiger partial charge in [0, 0.05) is 24.7 Å². The molecule has 2 aliphatic carbocycles. The highest BCUT2D eigenvalue weighted by atomic mass is 15.2. The van der Waals surface area contributed by atoms with Crippen LogP contribution >= 0.6 is 0 Å². The molecule has 0 aromatic carbocycles. The maximum atomic E-state index is 3.85. The average Bonchev–Trinajstić information content (AvgIpc) is 2.98. The van der Waals surface area contributed by atoms with Crippen molar-refractivity contribution in [1.82, 2.24) is 10.2 Å². The van der Waals surface area contributed by atoms with Gasteiger partial charge < -0.3 is 5.32 Å². The minimum Gasteiger partial charge on any atom is -0.309 e. The van der Waals surface area contributed by atoms with E-state index in [1.807, 2.05) is 0 Å². The molecule has 1 N–H and O–H groups in total. The van der Waals surface area contributed by atoms with Crippen molar-refractivity contribution >= 4 is 0 Å². The molecule has 3 rings (SSSR count). The zero-order chi connectivity index (χ0) is 9.76. The molecule has 1 saturated heterocycles. The van der Waals surface area contributed by atoms with E-state index < -0.39 is 0 Å². The molecule has 2 heteroatoms. The van der Waals surface area contributed by atoms with E-state index in [1.165, 1.54) is 38.8 Å². The highest BCUT2D eigenvalue weighted by molar-refractivity contribution is 5.17. The third-order valence-corrected chi connectivity index (χ3v) is 4.47. The number of nitrogens with one attached hydrogen (secondary N) is 1. The molecule has 3 aliphatic rings. The van der Waals surface area contributed by atoms with Crippen LogP contribution in [-0.2, 0) is 0 Å². The molecule has 14 heavy (non-hydrogen) atoms. The van der Waals surface area contributed by atoms with Gasteiger partial charge in [0.25, 0.3) is 0 Å². The van der Waals surface area contributed by atoms with Crippen molar-refractivity contribution in [3.8, 4) is 0 Å². The maximum Gasteiger partial charge on any atom is 0.0210 e. The number of hydrogen-bond donors (Lipinski definition) is 1. The Morgan fingerprint density at radius 3 is 2.64 bits per heavy atom. The topological polar surface area (TPSA) is 15.3 Å². The van der Waals surface area contributed by atoms with Crippen molar-refractivity contribution in [1.29, 1.82) is 0 Å². The zero-order valence-corrected chi connectivity index (χ0v) is 9.42. The predicted molar refractivity (Wildman–Crippen MR) is 58.3 cm³/mol. The Kier molecular flexibility index (Phi) is 1.94. The quantitative estimate of drug-likeness (QED) is 0.734. The van der Waals surface area contributed by atoms with Gasteiger partial charge in [-0.3, -0.25) is 4.90 Å². The third-order valence-electron chi connectivity index (χ3n) is 4.47. The van der Waals surface area contributed by atoms with Crippen molar-refractivity contribution in [3.63, 3.8) is 0 Å². The fourth-order valence-electron chi connectivity index (χ4n) is 2.97. The predicted octanol–water partition coefficient (Wildman–Crippen LogP) is 1.61. The van der Waals surface area contributed by atoms with Crippen LogP contribution in [0.2, 0.25) is 0 Å². The Hall–Kier alpha value is -0.0800. The Bertz CT molecular complexity index is 232. The van der Waals surface area contributed by atoms with Gasteiger partial charge in [-0.2, -0.15) is 0 Å². The molecule has 2 saturated carbocycles.